The van der Waals surface area contributed by atoms with Gasteiger partial charge < -0.3 is 13.7 Å². The summed E-state index contributed by atoms with van der Waals surface area (Å²) in [7, 11) is -11.9. The first-order valence-corrected chi connectivity index (χ1v) is 30.3. The molecule has 1 aliphatic heterocycles. The van der Waals surface area contributed by atoms with Gasteiger partial charge in [-0.15, -0.1) is 24.8 Å². The van der Waals surface area contributed by atoms with E-state index in [9.17, 15) is 0 Å². The second-order valence-electron chi connectivity index (χ2n) is 11.3. The Bertz CT molecular complexity index is 1830. The Hall–Kier alpha value is -1.80. The van der Waals surface area contributed by atoms with Crippen LogP contribution in [-0.2, 0) is 38.4 Å². The van der Waals surface area contributed by atoms with E-state index >= 15 is 13.7 Å². The minimum atomic E-state index is -3.97. The predicted molar refractivity (Wildman–Crippen MR) is 225 cm³/mol. The molecule has 3 nitrogen and oxygen atoms in total. The Morgan fingerprint density at radius 2 is 0.627 bits per heavy atom. The molecule has 11 heteroatoms. The molecule has 0 fully saturated rings. The first-order chi connectivity index (χ1) is 23.9. The molecule has 51 heavy (non-hydrogen) atoms. The average molecular weight is 970 g/mol. The minimum absolute atomic E-state index is 0. The van der Waals surface area contributed by atoms with Crippen molar-refractivity contribution in [2.75, 3.05) is 0 Å². The van der Waals surface area contributed by atoms with Gasteiger partial charge in [0.25, 0.3) is 0 Å². The van der Waals surface area contributed by atoms with Crippen molar-refractivity contribution in [1.82, 2.24) is 0 Å². The molecule has 1 heterocycles. The fourth-order valence-corrected chi connectivity index (χ4v) is 33.8. The van der Waals surface area contributed by atoms with Crippen LogP contribution in [0, 0.1) is 0 Å². The van der Waals surface area contributed by atoms with E-state index in [1.807, 2.05) is 182 Å². The molecular formula is C40H36As2Cl2O3P3Zr. The quantitative estimate of drug-likeness (QED) is 0.112. The molecule has 0 amide bonds. The number of rotatable bonds is 9. The summed E-state index contributed by atoms with van der Waals surface area (Å²) in [5, 5.41) is 1.80. The van der Waals surface area contributed by atoms with Crippen LogP contribution in [0.4, 0.5) is 0 Å². The second kappa shape index (κ2) is 19.5. The molecule has 0 radical (unpaired) electrons. The van der Waals surface area contributed by atoms with Crippen LogP contribution in [0.1, 0.15) is 0 Å². The Balaban J connectivity index is 0.000000662. The van der Waals surface area contributed by atoms with E-state index in [1.165, 1.54) is 0 Å². The van der Waals surface area contributed by atoms with Crippen LogP contribution in [-0.4, -0.2) is 34.1 Å². The predicted octanol–water partition coefficient (Wildman–Crippen LogP) is 7.40. The molecule has 0 bridgehead atoms. The molecule has 257 valence electrons. The van der Waals surface area contributed by atoms with Crippen LogP contribution in [0.15, 0.2) is 193 Å². The zero-order valence-corrected chi connectivity index (χ0v) is 38.1. The maximum atomic E-state index is 16.6. The summed E-state index contributed by atoms with van der Waals surface area (Å²) in [6.45, 7) is 0. The van der Waals surface area contributed by atoms with E-state index in [0.717, 1.165) is 13.2 Å². The van der Waals surface area contributed by atoms with Gasteiger partial charge in [-0.3, -0.25) is 0 Å². The Kier molecular flexibility index (Phi) is 16.0. The molecule has 0 N–H and O–H groups in total. The molecule has 1 aliphatic rings. The standard InChI is InChI=1S/C37H31O3P3.C3H3As2.2ClH.Zr/c38-41(31-19-7-1-8-20-31,32-21-9-2-10-22-32)37(42(39,33-23-11-3-12-24-33)34-25-13-4-14-26-34)43(40,35-27-15-5-16-28-35)36-29-17-6-18-30-36;1-2-4-5-3-1;;;/h1-30,37H;1-2,4H;2*1H;. The third-order valence-corrected chi connectivity index (χ3v) is 37.8. The van der Waals surface area contributed by atoms with Gasteiger partial charge in [-0.25, -0.2) is 0 Å². The monoisotopic (exact) mass is 967 g/mol. The van der Waals surface area contributed by atoms with Gasteiger partial charge in [-0.1, -0.05) is 182 Å². The van der Waals surface area contributed by atoms with E-state index in [4.69, 9.17) is 0 Å². The van der Waals surface area contributed by atoms with Crippen molar-refractivity contribution >= 4 is 107 Å². The van der Waals surface area contributed by atoms with Gasteiger partial charge in [0.2, 0.25) is 0 Å². The number of hydrogen-bond donors (Lipinski definition) is 0. The fraction of sp³-hybridized carbons (Fsp3) is 0.0250. The van der Waals surface area contributed by atoms with Crippen LogP contribution >= 0.6 is 46.2 Å². The second-order valence-corrected chi connectivity index (χ2v) is 32.6. The van der Waals surface area contributed by atoms with Crippen molar-refractivity contribution in [3.05, 3.63) is 193 Å². The number of halogens is 2. The van der Waals surface area contributed by atoms with Gasteiger partial charge in [0, 0.05) is 31.8 Å². The first kappa shape index (κ1) is 41.9. The SMILES string of the molecule is Cl.Cl.O=P(c1ccccc1)(c1ccccc1)C(P(=O)(c1ccccc1)c1ccccc1)P(=O)(c1ccccc1)c1ccccc1.[Zr][C]1=[As][AsH]C=C1. The number of allylic oxidation sites excluding steroid dienone is 1. The van der Waals surface area contributed by atoms with Crippen molar-refractivity contribution in [2.24, 2.45) is 0 Å². The zero-order chi connectivity index (χ0) is 34.2. The molecule has 6 aromatic rings. The van der Waals surface area contributed by atoms with Crippen LogP contribution in [0.2, 0.25) is 0 Å². The summed E-state index contributed by atoms with van der Waals surface area (Å²) in [4.78, 5) is 2.41. The van der Waals surface area contributed by atoms with Crippen molar-refractivity contribution in [1.29, 1.82) is 0 Å². The number of hydrogen-bond acceptors (Lipinski definition) is 3. The van der Waals surface area contributed by atoms with Gasteiger partial charge >= 0.3 is 64.6 Å². The molecule has 6 aromatic carbocycles. The van der Waals surface area contributed by atoms with Crippen molar-refractivity contribution in [3.63, 3.8) is 0 Å². The molecule has 1 unspecified atom stereocenters. The third-order valence-electron chi connectivity index (χ3n) is 8.32. The molecule has 0 aliphatic carbocycles. The van der Waals surface area contributed by atoms with Crippen LogP contribution in [0.3, 0.4) is 0 Å². The first-order valence-electron chi connectivity index (χ1n) is 15.7. The molecular weight excluding hydrogens is 933 g/mol. The third kappa shape index (κ3) is 8.95. The Morgan fingerprint density at radius 1 is 0.412 bits per heavy atom. The molecule has 1 atom stereocenters. The maximum absolute atomic E-state index is 16.6. The van der Waals surface area contributed by atoms with Gasteiger partial charge in [-0.05, 0) is 0 Å². The Labute approximate surface area is 340 Å². The van der Waals surface area contributed by atoms with Gasteiger partial charge in [0.1, 0.15) is 5.14 Å². The molecule has 0 saturated carbocycles. The van der Waals surface area contributed by atoms with Crippen molar-refractivity contribution < 1.29 is 38.4 Å². The summed E-state index contributed by atoms with van der Waals surface area (Å²) in [6.07, 6.45) is 2.33. The zero-order valence-electron chi connectivity index (χ0n) is 27.4. The van der Waals surface area contributed by atoms with E-state index in [-0.39, 0.29) is 24.8 Å². The van der Waals surface area contributed by atoms with Crippen LogP contribution < -0.4 is 31.8 Å². The summed E-state index contributed by atoms with van der Waals surface area (Å²) in [6, 6.07) is 55.2. The van der Waals surface area contributed by atoms with Gasteiger partial charge in [0.05, 0.1) is 0 Å². The summed E-state index contributed by atoms with van der Waals surface area (Å²) in [5.74, 6) is 0. The van der Waals surface area contributed by atoms with Crippen molar-refractivity contribution in [3.8, 4) is 0 Å². The normalized spacial score (nSPS) is 13.2. The Morgan fingerprint density at radius 3 is 0.765 bits per heavy atom. The molecule has 0 spiro atoms. The van der Waals surface area contributed by atoms with Crippen LogP contribution in [0.25, 0.3) is 0 Å². The fourth-order valence-electron chi connectivity index (χ4n) is 6.09. The van der Waals surface area contributed by atoms with Gasteiger partial charge in [0.15, 0.2) is 21.4 Å². The topological polar surface area (TPSA) is 51.2 Å². The average Bonchev–Trinajstić information content (AvgIpc) is 3.67. The number of benzene rings is 6. The summed E-state index contributed by atoms with van der Waals surface area (Å²) < 4.78 is 51.4. The van der Waals surface area contributed by atoms with Gasteiger partial charge in [-0.2, -0.15) is 0 Å². The summed E-state index contributed by atoms with van der Waals surface area (Å²) in [5.41, 5.74) is 0. The molecule has 0 aromatic heterocycles. The van der Waals surface area contributed by atoms with E-state index < -0.39 is 26.6 Å². The van der Waals surface area contributed by atoms with E-state index in [1.54, 1.807) is 26.7 Å². The molecule has 7 rings (SSSR count). The van der Waals surface area contributed by atoms with Crippen molar-refractivity contribution in [2.45, 2.75) is 5.14 Å². The van der Waals surface area contributed by atoms with E-state index in [0.29, 0.717) is 45.5 Å². The summed E-state index contributed by atoms with van der Waals surface area (Å²) >= 11 is 2.93. The molecule has 0 saturated heterocycles. The van der Waals surface area contributed by atoms with Crippen LogP contribution in [0.5, 0.6) is 0 Å². The van der Waals surface area contributed by atoms with E-state index in [2.05, 4.69) is 10.9 Å².